The lowest BCUT2D eigenvalue weighted by Gasteiger charge is -2.34. The first-order valence-electron chi connectivity index (χ1n) is 21.0. The third-order valence-electron chi connectivity index (χ3n) is 13.5. The van der Waals surface area contributed by atoms with Gasteiger partial charge in [0.2, 0.25) is 0 Å². The zero-order valence-corrected chi connectivity index (χ0v) is 35.0. The Kier molecular flexibility index (Phi) is 12.1. The van der Waals surface area contributed by atoms with Crippen molar-refractivity contribution < 1.29 is 19.1 Å². The van der Waals surface area contributed by atoms with Gasteiger partial charge < -0.3 is 9.47 Å². The molecule has 0 bridgehead atoms. The monoisotopic (exact) mass is 742 g/mol. The number of aryl methyl sites for hydroxylation is 2. The van der Waals surface area contributed by atoms with Gasteiger partial charge in [-0.2, -0.15) is 0 Å². The molecule has 0 aromatic heterocycles. The number of carbonyl (C=O) groups excluding carboxylic acids is 2. The summed E-state index contributed by atoms with van der Waals surface area (Å²) in [6.45, 7) is 31.9. The van der Waals surface area contributed by atoms with Crippen molar-refractivity contribution in [3.05, 3.63) is 108 Å². The second-order valence-corrected chi connectivity index (χ2v) is 18.7. The van der Waals surface area contributed by atoms with Gasteiger partial charge in [-0.1, -0.05) is 94.0 Å². The summed E-state index contributed by atoms with van der Waals surface area (Å²) in [5.74, 6) is 1.52. The summed E-state index contributed by atoms with van der Waals surface area (Å²) < 4.78 is 13.5. The molecule has 4 aliphatic rings. The average Bonchev–Trinajstić information content (AvgIpc) is 3.53. The van der Waals surface area contributed by atoms with Gasteiger partial charge in [-0.25, -0.2) is 0 Å². The Morgan fingerprint density at radius 1 is 0.982 bits per heavy atom. The maximum absolute atomic E-state index is 15.1. The second-order valence-electron chi connectivity index (χ2n) is 18.7. The maximum Gasteiger partial charge on any atom is 0.140 e. The summed E-state index contributed by atoms with van der Waals surface area (Å²) in [7, 11) is 0. The molecule has 3 saturated carbocycles. The molecule has 2 aromatic carbocycles. The minimum Gasteiger partial charge on any atom is -0.495 e. The number of hydrogen-bond acceptors (Lipinski definition) is 4. The maximum atomic E-state index is 15.1. The number of ketones is 2. The van der Waals surface area contributed by atoms with Gasteiger partial charge in [-0.15, -0.1) is 6.58 Å². The van der Waals surface area contributed by atoms with Crippen LogP contribution in [-0.4, -0.2) is 23.8 Å². The Hall–Kier alpha value is -3.92. The Labute approximate surface area is 331 Å². The fraction of sp³-hybridized carbons (Fsp3) is 0.529. The van der Waals surface area contributed by atoms with E-state index in [4.69, 9.17) is 9.47 Å². The number of allylic oxidation sites excluding steroid dienone is 8. The molecule has 0 heterocycles. The van der Waals surface area contributed by atoms with Crippen molar-refractivity contribution in [3.8, 4) is 5.75 Å². The van der Waals surface area contributed by atoms with Crippen LogP contribution in [0.1, 0.15) is 128 Å². The summed E-state index contributed by atoms with van der Waals surface area (Å²) >= 11 is 0. The van der Waals surface area contributed by atoms with Crippen molar-refractivity contribution in [2.24, 2.45) is 34.5 Å². The first-order valence-corrected chi connectivity index (χ1v) is 21.0. The number of benzene rings is 2. The van der Waals surface area contributed by atoms with Crippen LogP contribution in [0.2, 0.25) is 0 Å². The SMILES string of the molecule is C=CC1CC1(CC(=C)C1CC(Oc2cc(C3=CCC(CC(=C)CC)=C3)cc3c(C)cc(C)cc23)CC1C(=O)C(CC(=C)OC1CCCC1)C(C)(C)C)C(C)=O. The van der Waals surface area contributed by atoms with E-state index in [9.17, 15) is 4.79 Å². The molecular weight excluding hydrogens is 677 g/mol. The van der Waals surface area contributed by atoms with E-state index < -0.39 is 5.41 Å². The zero-order chi connectivity index (χ0) is 39.8. The summed E-state index contributed by atoms with van der Waals surface area (Å²) in [4.78, 5) is 28.1. The van der Waals surface area contributed by atoms with Crippen LogP contribution in [0.25, 0.3) is 16.3 Å². The van der Waals surface area contributed by atoms with E-state index in [2.05, 4.69) is 104 Å². The molecule has 6 atom stereocenters. The lowest BCUT2D eigenvalue weighted by molar-refractivity contribution is -0.131. The van der Waals surface area contributed by atoms with E-state index in [0.717, 1.165) is 66.6 Å². The molecule has 6 unspecified atom stereocenters. The summed E-state index contributed by atoms with van der Waals surface area (Å²) in [6, 6.07) is 9.00. The van der Waals surface area contributed by atoms with Crippen LogP contribution in [0.4, 0.5) is 0 Å². The van der Waals surface area contributed by atoms with E-state index in [1.807, 2.05) is 6.08 Å². The smallest absolute Gasteiger partial charge is 0.140 e. The van der Waals surface area contributed by atoms with Crippen molar-refractivity contribution in [1.82, 2.24) is 0 Å². The van der Waals surface area contributed by atoms with Gasteiger partial charge in [0.1, 0.15) is 23.4 Å². The molecule has 294 valence electrons. The molecule has 0 N–H and O–H groups in total. The molecule has 55 heavy (non-hydrogen) atoms. The molecule has 4 aliphatic carbocycles. The second kappa shape index (κ2) is 16.3. The predicted octanol–water partition coefficient (Wildman–Crippen LogP) is 13.1. The standard InChI is InChI=1S/C51H66O4/c1-12-31(3)21-37-18-19-38(24-37)39-25-43-33(5)20-32(4)22-45(43)48(26-39)55-42-27-44(34(6)29-51(36(8)52)30-40(51)13-2)46(28-42)49(53)47(50(9,10)11)23-35(7)54-41-16-14-15-17-41/h13,19-20,22,24-26,40-42,44,46-47H,2-3,6-7,12,14-18,21,23,27-30H2,1,4-5,8-11H3. The molecule has 2 aromatic rings. The average molecular weight is 743 g/mol. The van der Waals surface area contributed by atoms with E-state index in [1.54, 1.807) is 6.92 Å². The van der Waals surface area contributed by atoms with Crippen molar-refractivity contribution in [2.45, 2.75) is 138 Å². The molecule has 0 radical (unpaired) electrons. The Bertz CT molecular complexity index is 1940. The molecule has 0 saturated heterocycles. The van der Waals surface area contributed by atoms with E-state index in [1.165, 1.54) is 46.1 Å². The number of hydrogen-bond donors (Lipinski definition) is 0. The summed E-state index contributed by atoms with van der Waals surface area (Å²) in [6.07, 6.45) is 17.1. The lowest BCUT2D eigenvalue weighted by atomic mass is 9.69. The van der Waals surface area contributed by atoms with Crippen LogP contribution in [0.5, 0.6) is 5.75 Å². The van der Waals surface area contributed by atoms with Crippen LogP contribution in [0.15, 0.2) is 91.3 Å². The van der Waals surface area contributed by atoms with Gasteiger partial charge in [0.15, 0.2) is 0 Å². The third kappa shape index (κ3) is 8.90. The highest BCUT2D eigenvalue weighted by molar-refractivity contribution is 5.96. The van der Waals surface area contributed by atoms with Gasteiger partial charge >= 0.3 is 0 Å². The normalized spacial score (nSPS) is 25.7. The number of carbonyl (C=O) groups is 2. The Morgan fingerprint density at radius 2 is 1.69 bits per heavy atom. The summed E-state index contributed by atoms with van der Waals surface area (Å²) in [5, 5.41) is 2.29. The minimum absolute atomic E-state index is 0.0960. The van der Waals surface area contributed by atoms with Gasteiger partial charge in [0.25, 0.3) is 0 Å². The summed E-state index contributed by atoms with van der Waals surface area (Å²) in [5.41, 5.74) is 7.68. The molecule has 6 rings (SSSR count). The molecular formula is C51H66O4. The molecule has 0 spiro atoms. The van der Waals surface area contributed by atoms with Crippen molar-refractivity contribution in [3.63, 3.8) is 0 Å². The predicted molar refractivity (Wildman–Crippen MR) is 229 cm³/mol. The fourth-order valence-corrected chi connectivity index (χ4v) is 9.96. The van der Waals surface area contributed by atoms with Gasteiger partial charge in [0, 0.05) is 29.1 Å². The third-order valence-corrected chi connectivity index (χ3v) is 13.5. The van der Waals surface area contributed by atoms with Gasteiger partial charge in [0.05, 0.1) is 11.9 Å². The lowest BCUT2D eigenvalue weighted by Crippen LogP contribution is -2.36. The van der Waals surface area contributed by atoms with Crippen molar-refractivity contribution in [2.75, 3.05) is 0 Å². The topological polar surface area (TPSA) is 52.6 Å². The highest BCUT2D eigenvalue weighted by Crippen LogP contribution is 2.59. The zero-order valence-electron chi connectivity index (χ0n) is 35.0. The highest BCUT2D eigenvalue weighted by atomic mass is 16.5. The van der Waals surface area contributed by atoms with Crippen LogP contribution in [0, 0.1) is 48.3 Å². The first-order chi connectivity index (χ1) is 26.0. The minimum atomic E-state index is -0.456. The quantitative estimate of drug-likeness (QED) is 0.120. The molecule has 0 aliphatic heterocycles. The van der Waals surface area contributed by atoms with Gasteiger partial charge in [-0.05, 0) is 149 Å². The van der Waals surface area contributed by atoms with Crippen molar-refractivity contribution >= 4 is 27.9 Å². The molecule has 0 amide bonds. The Morgan fingerprint density at radius 3 is 2.33 bits per heavy atom. The largest absolute Gasteiger partial charge is 0.495 e. The fourth-order valence-electron chi connectivity index (χ4n) is 9.96. The van der Waals surface area contributed by atoms with E-state index >= 15 is 4.79 Å². The molecule has 4 nitrogen and oxygen atoms in total. The van der Waals surface area contributed by atoms with Crippen LogP contribution in [0.3, 0.4) is 0 Å². The van der Waals surface area contributed by atoms with Crippen LogP contribution < -0.4 is 4.74 Å². The van der Waals surface area contributed by atoms with Crippen molar-refractivity contribution in [1.29, 1.82) is 0 Å². The van der Waals surface area contributed by atoms with Crippen LogP contribution in [-0.2, 0) is 14.3 Å². The van der Waals surface area contributed by atoms with Crippen LogP contribution >= 0.6 is 0 Å². The number of rotatable bonds is 17. The van der Waals surface area contributed by atoms with E-state index in [0.29, 0.717) is 25.7 Å². The highest BCUT2D eigenvalue weighted by Gasteiger charge is 2.57. The Balaban J connectivity index is 1.33. The number of fused-ring (bicyclic) bond motifs is 1. The van der Waals surface area contributed by atoms with E-state index in [-0.39, 0.29) is 52.9 Å². The number of Topliss-reactive ketones (excluding diaryl/α,β-unsaturated/α-hetero) is 2. The molecule has 4 heteroatoms. The van der Waals surface area contributed by atoms with Gasteiger partial charge in [-0.3, -0.25) is 9.59 Å². The first kappa shape index (κ1) is 40.7. The number of ether oxygens (including phenoxy) is 2. The molecule has 3 fully saturated rings.